The van der Waals surface area contributed by atoms with E-state index in [9.17, 15) is 9.59 Å². The van der Waals surface area contributed by atoms with E-state index in [1.54, 1.807) is 21.3 Å². The molecule has 1 atom stereocenters. The Morgan fingerprint density at radius 1 is 1.10 bits per heavy atom. The molecule has 0 saturated heterocycles. The van der Waals surface area contributed by atoms with E-state index >= 15 is 0 Å². The van der Waals surface area contributed by atoms with Gasteiger partial charge in [0.2, 0.25) is 5.69 Å². The standard InChI is InChI=1S/C19H33N3O6Si/c1-15(2)17(18(23)25-3)21-19(24)20-14-16-10-7-8-11-22(16)12-9-13-29(26-4,27-5)28-6/h7-8,10-11,15,17H,9,12-14H2,1-6H3,(H-,20,21,24)/p+1/t17-/m0/s1. The Morgan fingerprint density at radius 3 is 2.31 bits per heavy atom. The summed E-state index contributed by atoms with van der Waals surface area (Å²) < 4.78 is 23.2. The van der Waals surface area contributed by atoms with Gasteiger partial charge in [-0.1, -0.05) is 19.9 Å². The number of carbonyl (C=O) groups is 2. The molecule has 1 aromatic heterocycles. The lowest BCUT2D eigenvalue weighted by Crippen LogP contribution is -2.50. The van der Waals surface area contributed by atoms with Crippen molar-refractivity contribution in [1.82, 2.24) is 10.6 Å². The number of hydrogen-bond acceptors (Lipinski definition) is 6. The molecule has 9 nitrogen and oxygen atoms in total. The van der Waals surface area contributed by atoms with E-state index in [-0.39, 0.29) is 5.92 Å². The van der Waals surface area contributed by atoms with E-state index in [4.69, 9.17) is 18.0 Å². The van der Waals surface area contributed by atoms with Crippen LogP contribution >= 0.6 is 0 Å². The first-order chi connectivity index (χ1) is 13.8. The molecule has 10 heteroatoms. The molecule has 1 heterocycles. The highest BCUT2D eigenvalue weighted by atomic mass is 28.4. The number of methoxy groups -OCH3 is 1. The number of nitrogens with one attached hydrogen (secondary N) is 2. The maximum Gasteiger partial charge on any atom is 0.500 e. The van der Waals surface area contributed by atoms with E-state index < -0.39 is 26.8 Å². The summed E-state index contributed by atoms with van der Waals surface area (Å²) in [7, 11) is 3.49. The maximum atomic E-state index is 12.2. The smallest absolute Gasteiger partial charge is 0.467 e. The van der Waals surface area contributed by atoms with Crippen LogP contribution in [0.5, 0.6) is 0 Å². The minimum atomic E-state index is -2.61. The van der Waals surface area contributed by atoms with Crippen LogP contribution in [0, 0.1) is 5.92 Å². The lowest BCUT2D eigenvalue weighted by molar-refractivity contribution is -0.704. The molecule has 0 bridgehead atoms. The first-order valence-electron chi connectivity index (χ1n) is 9.57. The van der Waals surface area contributed by atoms with Gasteiger partial charge in [0, 0.05) is 45.9 Å². The first kappa shape index (κ1) is 25.0. The summed E-state index contributed by atoms with van der Waals surface area (Å²) in [5, 5.41) is 5.46. The van der Waals surface area contributed by atoms with Crippen molar-refractivity contribution >= 4 is 20.8 Å². The van der Waals surface area contributed by atoms with Crippen LogP contribution in [0.15, 0.2) is 24.4 Å². The second-order valence-electron chi connectivity index (χ2n) is 6.86. The molecular weight excluding hydrogens is 394 g/mol. The van der Waals surface area contributed by atoms with Crippen molar-refractivity contribution in [2.24, 2.45) is 5.92 Å². The predicted molar refractivity (Wildman–Crippen MR) is 109 cm³/mol. The zero-order valence-corrected chi connectivity index (χ0v) is 19.2. The number of rotatable bonds is 12. The Labute approximate surface area is 174 Å². The van der Waals surface area contributed by atoms with Gasteiger partial charge in [0.25, 0.3) is 0 Å². The molecule has 1 aromatic rings. The van der Waals surface area contributed by atoms with Crippen LogP contribution in [0.2, 0.25) is 6.04 Å². The number of nitrogens with zero attached hydrogens (tertiary/aromatic N) is 1. The minimum Gasteiger partial charge on any atom is -0.467 e. The molecule has 2 amide bonds. The van der Waals surface area contributed by atoms with Gasteiger partial charge in [-0.3, -0.25) is 0 Å². The summed E-state index contributed by atoms with van der Waals surface area (Å²) in [4.78, 5) is 24.0. The number of esters is 1. The summed E-state index contributed by atoms with van der Waals surface area (Å²) in [5.74, 6) is -0.548. The predicted octanol–water partition coefficient (Wildman–Crippen LogP) is 1.24. The summed E-state index contributed by atoms with van der Waals surface area (Å²) in [5.41, 5.74) is 0.932. The fourth-order valence-electron chi connectivity index (χ4n) is 2.90. The van der Waals surface area contributed by atoms with Crippen LogP contribution in [-0.2, 0) is 35.9 Å². The number of aryl methyl sites for hydroxylation is 1. The summed E-state index contributed by atoms with van der Waals surface area (Å²) >= 11 is 0. The van der Waals surface area contributed by atoms with Gasteiger partial charge in [0.15, 0.2) is 6.20 Å². The SMILES string of the molecule is COC(=O)[C@@H](NC(=O)NCc1cccc[n+]1CCC[Si](OC)(OC)OC)C(C)C. The van der Waals surface area contributed by atoms with Gasteiger partial charge in [-0.15, -0.1) is 0 Å². The normalized spacial score (nSPS) is 12.5. The highest BCUT2D eigenvalue weighted by molar-refractivity contribution is 6.60. The monoisotopic (exact) mass is 428 g/mol. The van der Waals surface area contributed by atoms with Gasteiger partial charge >= 0.3 is 20.8 Å². The van der Waals surface area contributed by atoms with Crippen molar-refractivity contribution in [2.75, 3.05) is 28.4 Å². The number of amides is 2. The van der Waals surface area contributed by atoms with Crippen molar-refractivity contribution in [2.45, 2.75) is 45.4 Å². The third kappa shape index (κ3) is 7.73. The summed E-state index contributed by atoms with van der Waals surface area (Å²) in [6, 6.07) is 5.35. The van der Waals surface area contributed by atoms with Crippen LogP contribution in [0.25, 0.3) is 0 Å². The second kappa shape index (κ2) is 12.5. The molecule has 29 heavy (non-hydrogen) atoms. The molecule has 164 valence electrons. The van der Waals surface area contributed by atoms with Crippen LogP contribution in [0.1, 0.15) is 26.0 Å². The maximum absolute atomic E-state index is 12.2. The first-order valence-corrected chi connectivity index (χ1v) is 11.5. The molecule has 0 saturated carbocycles. The number of urea groups is 1. The molecule has 0 spiro atoms. The van der Waals surface area contributed by atoms with Crippen molar-refractivity contribution in [3.8, 4) is 0 Å². The topological polar surface area (TPSA) is 99.0 Å². The van der Waals surface area contributed by atoms with Crippen molar-refractivity contribution in [3.63, 3.8) is 0 Å². The largest absolute Gasteiger partial charge is 0.500 e. The average Bonchev–Trinajstić information content (AvgIpc) is 2.74. The minimum absolute atomic E-state index is 0.0818. The molecular formula is C19H34N3O6Si+. The fourth-order valence-corrected chi connectivity index (χ4v) is 4.60. The Morgan fingerprint density at radius 2 is 1.76 bits per heavy atom. The fraction of sp³-hybridized carbons (Fsp3) is 0.632. The zero-order chi connectivity index (χ0) is 21.9. The van der Waals surface area contributed by atoms with E-state index in [2.05, 4.69) is 15.2 Å². The van der Waals surface area contributed by atoms with Gasteiger partial charge in [0.1, 0.15) is 19.1 Å². The lowest BCUT2D eigenvalue weighted by atomic mass is 10.1. The van der Waals surface area contributed by atoms with E-state index in [1.165, 1.54) is 7.11 Å². The molecule has 0 aliphatic carbocycles. The third-order valence-electron chi connectivity index (χ3n) is 4.69. The van der Waals surface area contributed by atoms with Crippen LogP contribution < -0.4 is 15.2 Å². The molecule has 0 aromatic carbocycles. The molecule has 0 fully saturated rings. The Bertz CT molecular complexity index is 646. The molecule has 0 aliphatic heterocycles. The molecule has 0 unspecified atom stereocenters. The Balaban J connectivity index is 2.66. The van der Waals surface area contributed by atoms with E-state index in [0.717, 1.165) is 18.7 Å². The number of hydrogen-bond donors (Lipinski definition) is 2. The molecule has 1 rings (SSSR count). The second-order valence-corrected chi connectivity index (χ2v) is 9.95. The highest BCUT2D eigenvalue weighted by Gasteiger charge is 2.37. The van der Waals surface area contributed by atoms with Crippen LogP contribution in [-0.4, -0.2) is 55.3 Å². The average molecular weight is 429 g/mol. The van der Waals surface area contributed by atoms with Gasteiger partial charge in [-0.25, -0.2) is 14.2 Å². The number of aromatic nitrogens is 1. The van der Waals surface area contributed by atoms with Gasteiger partial charge in [-0.2, -0.15) is 0 Å². The van der Waals surface area contributed by atoms with E-state index in [0.29, 0.717) is 12.6 Å². The number of pyridine rings is 1. The van der Waals surface area contributed by atoms with Gasteiger partial charge in [0.05, 0.1) is 7.11 Å². The number of ether oxygens (including phenoxy) is 1. The van der Waals surface area contributed by atoms with Gasteiger partial charge in [-0.05, 0) is 5.92 Å². The Kier molecular flexibility index (Phi) is 10.8. The van der Waals surface area contributed by atoms with Crippen molar-refractivity contribution < 1.29 is 32.2 Å². The molecule has 2 N–H and O–H groups in total. The molecule has 0 aliphatic rings. The van der Waals surface area contributed by atoms with E-state index in [1.807, 2.05) is 38.2 Å². The number of carbonyl (C=O) groups excluding carboxylic acids is 2. The van der Waals surface area contributed by atoms with Crippen molar-refractivity contribution in [1.29, 1.82) is 0 Å². The Hall–Kier alpha value is -2.01. The highest BCUT2D eigenvalue weighted by Crippen LogP contribution is 2.14. The van der Waals surface area contributed by atoms with Crippen molar-refractivity contribution in [3.05, 3.63) is 30.1 Å². The zero-order valence-electron chi connectivity index (χ0n) is 18.2. The molecule has 0 radical (unpaired) electrons. The third-order valence-corrected chi connectivity index (χ3v) is 7.52. The van der Waals surface area contributed by atoms with Crippen LogP contribution in [0.4, 0.5) is 4.79 Å². The van der Waals surface area contributed by atoms with Gasteiger partial charge < -0.3 is 28.6 Å². The summed E-state index contributed by atoms with van der Waals surface area (Å²) in [6.45, 7) is 4.73. The summed E-state index contributed by atoms with van der Waals surface area (Å²) in [6.07, 6.45) is 2.75. The van der Waals surface area contributed by atoms with Crippen LogP contribution in [0.3, 0.4) is 0 Å². The quantitative estimate of drug-likeness (QED) is 0.295. The lowest BCUT2D eigenvalue weighted by Gasteiger charge is -2.23.